The summed E-state index contributed by atoms with van der Waals surface area (Å²) in [6.45, 7) is 11.7. The summed E-state index contributed by atoms with van der Waals surface area (Å²) in [5.41, 5.74) is 12.0. The number of benzene rings is 2. The van der Waals surface area contributed by atoms with Crippen LogP contribution >= 0.6 is 0 Å². The van der Waals surface area contributed by atoms with Crippen LogP contribution in [0.25, 0.3) is 22.0 Å². The summed E-state index contributed by atoms with van der Waals surface area (Å²) in [5.74, 6) is -0.583. The van der Waals surface area contributed by atoms with Gasteiger partial charge in [0.2, 0.25) is 5.91 Å². The van der Waals surface area contributed by atoms with E-state index in [0.717, 1.165) is 46.3 Å². The van der Waals surface area contributed by atoms with E-state index < -0.39 is 5.91 Å². The van der Waals surface area contributed by atoms with Crippen LogP contribution in [-0.2, 0) is 6.54 Å². The van der Waals surface area contributed by atoms with Crippen molar-refractivity contribution >= 4 is 22.7 Å². The molecule has 162 valence electrons. The molecule has 3 aromatic rings. The van der Waals surface area contributed by atoms with E-state index in [1.807, 2.05) is 36.1 Å². The van der Waals surface area contributed by atoms with Gasteiger partial charge in [-0.1, -0.05) is 19.2 Å². The molecule has 1 fully saturated rings. The number of amides is 2. The molecule has 2 aliphatic rings. The molecular formula is C25H25N5O2. The first kappa shape index (κ1) is 20.1. The third kappa shape index (κ3) is 3.00. The zero-order valence-corrected chi connectivity index (χ0v) is 18.0. The minimum Gasteiger partial charge on any atom is -0.370 e. The number of likely N-dealkylation sites (tertiary alicyclic amines) is 1. The van der Waals surface area contributed by atoms with Gasteiger partial charge in [0.25, 0.3) is 5.91 Å². The summed E-state index contributed by atoms with van der Waals surface area (Å²) in [4.78, 5) is 29.9. The van der Waals surface area contributed by atoms with Gasteiger partial charge in [0, 0.05) is 41.8 Å². The lowest BCUT2D eigenvalue weighted by atomic mass is 9.91. The Labute approximate surface area is 186 Å². The standard InChI is InChI=1S/C25H25N5O2/c1-4-15(3)29-8-7-17(12-29)30-13-21-18(24(26)31)9-16(10-19(21)25(30)32)23-14(2)5-6-22-20(23)11-27-28-22/h4-6,9-11,17H,1,3,7-8,12-13H2,2H3,(H2,26,31)(H,27,28). The van der Waals surface area contributed by atoms with Crippen LogP contribution in [0.1, 0.15) is 38.3 Å². The summed E-state index contributed by atoms with van der Waals surface area (Å²) in [7, 11) is 0. The molecule has 7 heteroatoms. The Kier molecular flexibility index (Phi) is 4.62. The normalized spacial score (nSPS) is 17.8. The molecule has 32 heavy (non-hydrogen) atoms. The van der Waals surface area contributed by atoms with E-state index >= 15 is 0 Å². The van der Waals surface area contributed by atoms with Gasteiger partial charge in [-0.05, 0) is 59.9 Å². The van der Waals surface area contributed by atoms with E-state index in [1.165, 1.54) is 0 Å². The highest BCUT2D eigenvalue weighted by atomic mass is 16.2. The molecule has 2 aromatic carbocycles. The number of rotatable bonds is 5. The quantitative estimate of drug-likeness (QED) is 0.611. The number of aromatic amines is 1. The number of H-pyrrole nitrogens is 1. The van der Waals surface area contributed by atoms with Crippen LogP contribution in [0.4, 0.5) is 0 Å². The largest absolute Gasteiger partial charge is 0.370 e. The van der Waals surface area contributed by atoms with Gasteiger partial charge in [-0.15, -0.1) is 0 Å². The maximum atomic E-state index is 13.5. The SMILES string of the molecule is C=CC(=C)N1CCC(N2Cc3c(C(N)=O)cc(-c4c(C)ccc5[nH]ncc45)cc3C2=O)C1. The van der Waals surface area contributed by atoms with Crippen molar-refractivity contribution in [2.45, 2.75) is 25.9 Å². The van der Waals surface area contributed by atoms with Gasteiger partial charge in [-0.3, -0.25) is 14.7 Å². The van der Waals surface area contributed by atoms with Crippen molar-refractivity contribution in [3.05, 3.63) is 77.6 Å². The number of allylic oxidation sites excluding steroid dienone is 1. The van der Waals surface area contributed by atoms with Crippen LogP contribution in [0.2, 0.25) is 0 Å². The van der Waals surface area contributed by atoms with Gasteiger partial charge in [-0.25, -0.2) is 0 Å². The average molecular weight is 428 g/mol. The first-order valence-corrected chi connectivity index (χ1v) is 10.7. The van der Waals surface area contributed by atoms with Crippen LogP contribution in [-0.4, -0.2) is 50.9 Å². The highest BCUT2D eigenvalue weighted by molar-refractivity contribution is 6.07. The summed E-state index contributed by atoms with van der Waals surface area (Å²) >= 11 is 0. The van der Waals surface area contributed by atoms with Crippen LogP contribution in [0, 0.1) is 6.92 Å². The lowest BCUT2D eigenvalue weighted by Crippen LogP contribution is -2.37. The Morgan fingerprint density at radius 2 is 2.16 bits per heavy atom. The number of nitrogens with two attached hydrogens (primary N) is 1. The van der Waals surface area contributed by atoms with Gasteiger partial charge in [-0.2, -0.15) is 5.10 Å². The second-order valence-electron chi connectivity index (χ2n) is 8.52. The van der Waals surface area contributed by atoms with Crippen LogP contribution < -0.4 is 5.73 Å². The van der Waals surface area contributed by atoms with Crippen molar-refractivity contribution in [1.29, 1.82) is 0 Å². The Hall–Kier alpha value is -3.87. The van der Waals surface area contributed by atoms with Crippen molar-refractivity contribution in [3.8, 4) is 11.1 Å². The zero-order valence-electron chi connectivity index (χ0n) is 18.0. The average Bonchev–Trinajstić information content (AvgIpc) is 3.51. The fourth-order valence-electron chi connectivity index (χ4n) is 4.98. The number of hydrogen-bond acceptors (Lipinski definition) is 4. The summed E-state index contributed by atoms with van der Waals surface area (Å²) < 4.78 is 0. The summed E-state index contributed by atoms with van der Waals surface area (Å²) in [6, 6.07) is 7.73. The van der Waals surface area contributed by atoms with Gasteiger partial charge < -0.3 is 15.5 Å². The molecule has 1 unspecified atom stereocenters. The van der Waals surface area contributed by atoms with E-state index in [4.69, 9.17) is 5.73 Å². The second-order valence-corrected chi connectivity index (χ2v) is 8.52. The predicted octanol–water partition coefficient (Wildman–Crippen LogP) is 3.37. The molecular weight excluding hydrogens is 402 g/mol. The Morgan fingerprint density at radius 3 is 2.91 bits per heavy atom. The van der Waals surface area contributed by atoms with E-state index in [-0.39, 0.29) is 11.9 Å². The van der Waals surface area contributed by atoms with Crippen molar-refractivity contribution in [2.75, 3.05) is 13.1 Å². The van der Waals surface area contributed by atoms with Gasteiger partial charge >= 0.3 is 0 Å². The van der Waals surface area contributed by atoms with Crippen molar-refractivity contribution in [1.82, 2.24) is 20.0 Å². The third-order valence-corrected chi connectivity index (χ3v) is 6.70. The lowest BCUT2D eigenvalue weighted by Gasteiger charge is -2.25. The molecule has 1 saturated heterocycles. The molecule has 1 aromatic heterocycles. The Balaban J connectivity index is 1.58. The molecule has 3 N–H and O–H groups in total. The van der Waals surface area contributed by atoms with E-state index in [1.54, 1.807) is 12.3 Å². The number of carbonyl (C=O) groups excluding carboxylic acids is 2. The molecule has 5 rings (SSSR count). The Bertz CT molecular complexity index is 1310. The first-order valence-electron chi connectivity index (χ1n) is 10.7. The molecule has 0 saturated carbocycles. The number of primary amides is 1. The zero-order chi connectivity index (χ0) is 22.6. The van der Waals surface area contributed by atoms with Crippen LogP contribution in [0.3, 0.4) is 0 Å². The number of nitrogens with zero attached hydrogens (tertiary/aromatic N) is 3. The van der Waals surface area contributed by atoms with Crippen molar-refractivity contribution in [3.63, 3.8) is 0 Å². The molecule has 0 spiro atoms. The molecule has 7 nitrogen and oxygen atoms in total. The number of fused-ring (bicyclic) bond motifs is 2. The van der Waals surface area contributed by atoms with E-state index in [0.29, 0.717) is 29.8 Å². The second kappa shape index (κ2) is 7.37. The number of aryl methyl sites for hydroxylation is 1. The smallest absolute Gasteiger partial charge is 0.254 e. The fourth-order valence-corrected chi connectivity index (χ4v) is 4.98. The summed E-state index contributed by atoms with van der Waals surface area (Å²) in [6.07, 6.45) is 4.35. The number of carbonyl (C=O) groups is 2. The Morgan fingerprint density at radius 1 is 1.34 bits per heavy atom. The molecule has 2 amide bonds. The fraction of sp³-hybridized carbons (Fsp3) is 0.240. The van der Waals surface area contributed by atoms with Crippen LogP contribution in [0.15, 0.2) is 55.4 Å². The number of hydrogen-bond donors (Lipinski definition) is 2. The molecule has 3 heterocycles. The third-order valence-electron chi connectivity index (χ3n) is 6.70. The van der Waals surface area contributed by atoms with E-state index in [9.17, 15) is 9.59 Å². The monoisotopic (exact) mass is 427 g/mol. The number of nitrogens with one attached hydrogen (secondary N) is 1. The van der Waals surface area contributed by atoms with Crippen molar-refractivity contribution in [2.24, 2.45) is 5.73 Å². The van der Waals surface area contributed by atoms with Gasteiger partial charge in [0.15, 0.2) is 0 Å². The van der Waals surface area contributed by atoms with Crippen LogP contribution in [0.5, 0.6) is 0 Å². The molecule has 0 aliphatic carbocycles. The minimum atomic E-state index is -0.525. The number of aromatic nitrogens is 2. The first-order chi connectivity index (χ1) is 15.4. The van der Waals surface area contributed by atoms with Crippen molar-refractivity contribution < 1.29 is 9.59 Å². The lowest BCUT2D eigenvalue weighted by molar-refractivity contribution is 0.0709. The van der Waals surface area contributed by atoms with E-state index in [2.05, 4.69) is 28.3 Å². The molecule has 2 aliphatic heterocycles. The van der Waals surface area contributed by atoms with Gasteiger partial charge in [0.1, 0.15) is 0 Å². The topological polar surface area (TPSA) is 95.3 Å². The highest BCUT2D eigenvalue weighted by Crippen LogP contribution is 2.37. The molecule has 0 bridgehead atoms. The highest BCUT2D eigenvalue weighted by Gasteiger charge is 2.38. The predicted molar refractivity (Wildman–Crippen MR) is 124 cm³/mol. The maximum Gasteiger partial charge on any atom is 0.254 e. The maximum absolute atomic E-state index is 13.5. The summed E-state index contributed by atoms with van der Waals surface area (Å²) in [5, 5.41) is 8.08. The van der Waals surface area contributed by atoms with Gasteiger partial charge in [0.05, 0.1) is 17.8 Å². The molecule has 1 atom stereocenters. The molecule has 0 radical (unpaired) electrons. The minimum absolute atomic E-state index is 0.0508.